The SMILES string of the molecule is CCCN(C)C1(CN)CC(C(C)C)C1. The summed E-state index contributed by atoms with van der Waals surface area (Å²) in [5.41, 5.74) is 6.26. The van der Waals surface area contributed by atoms with Gasteiger partial charge in [0, 0.05) is 12.1 Å². The molecule has 0 bridgehead atoms. The van der Waals surface area contributed by atoms with Crippen molar-refractivity contribution in [1.82, 2.24) is 4.90 Å². The van der Waals surface area contributed by atoms with Crippen LogP contribution in [0.5, 0.6) is 0 Å². The molecule has 1 fully saturated rings. The minimum absolute atomic E-state index is 0.338. The molecule has 14 heavy (non-hydrogen) atoms. The lowest BCUT2D eigenvalue weighted by atomic mass is 9.63. The second-order valence-corrected chi connectivity index (χ2v) is 5.26. The van der Waals surface area contributed by atoms with E-state index in [2.05, 4.69) is 32.7 Å². The molecule has 1 aliphatic carbocycles. The fourth-order valence-corrected chi connectivity index (χ4v) is 2.59. The first-order valence-electron chi connectivity index (χ1n) is 5.97. The minimum atomic E-state index is 0.338. The molecule has 0 aliphatic heterocycles. The van der Waals surface area contributed by atoms with Gasteiger partial charge in [-0.2, -0.15) is 0 Å². The van der Waals surface area contributed by atoms with E-state index in [1.807, 2.05) is 0 Å². The van der Waals surface area contributed by atoms with Crippen LogP contribution in [0.2, 0.25) is 0 Å². The van der Waals surface area contributed by atoms with Crippen LogP contribution in [0.15, 0.2) is 0 Å². The summed E-state index contributed by atoms with van der Waals surface area (Å²) in [5, 5.41) is 0. The molecular weight excluding hydrogens is 172 g/mol. The standard InChI is InChI=1S/C12H26N2/c1-5-6-14(4)12(9-13)7-11(8-12)10(2)3/h10-11H,5-9,13H2,1-4H3. The predicted molar refractivity (Wildman–Crippen MR) is 62.3 cm³/mol. The lowest BCUT2D eigenvalue weighted by molar-refractivity contribution is -0.0194. The molecule has 1 rings (SSSR count). The van der Waals surface area contributed by atoms with Crippen LogP contribution >= 0.6 is 0 Å². The van der Waals surface area contributed by atoms with Crippen LogP contribution in [0.25, 0.3) is 0 Å². The highest BCUT2D eigenvalue weighted by molar-refractivity contribution is 5.03. The van der Waals surface area contributed by atoms with Crippen LogP contribution in [0, 0.1) is 11.8 Å². The Morgan fingerprint density at radius 3 is 2.36 bits per heavy atom. The summed E-state index contributed by atoms with van der Waals surface area (Å²) < 4.78 is 0. The Labute approximate surface area is 88.8 Å². The van der Waals surface area contributed by atoms with Crippen molar-refractivity contribution in [2.45, 2.75) is 45.6 Å². The number of hydrogen-bond acceptors (Lipinski definition) is 2. The van der Waals surface area contributed by atoms with Gasteiger partial charge in [0.25, 0.3) is 0 Å². The van der Waals surface area contributed by atoms with Crippen molar-refractivity contribution in [3.05, 3.63) is 0 Å². The summed E-state index contributed by atoms with van der Waals surface area (Å²) >= 11 is 0. The van der Waals surface area contributed by atoms with Gasteiger partial charge < -0.3 is 5.73 Å². The summed E-state index contributed by atoms with van der Waals surface area (Å²) in [4.78, 5) is 2.48. The molecule has 0 atom stereocenters. The molecule has 1 saturated carbocycles. The molecule has 1 aliphatic rings. The summed E-state index contributed by atoms with van der Waals surface area (Å²) in [6.45, 7) is 8.89. The van der Waals surface area contributed by atoms with Crippen molar-refractivity contribution in [3.8, 4) is 0 Å². The van der Waals surface area contributed by atoms with Gasteiger partial charge >= 0.3 is 0 Å². The van der Waals surface area contributed by atoms with Crippen molar-refractivity contribution < 1.29 is 0 Å². The minimum Gasteiger partial charge on any atom is -0.329 e. The molecule has 84 valence electrons. The van der Waals surface area contributed by atoms with Crippen molar-refractivity contribution in [2.75, 3.05) is 20.1 Å². The summed E-state index contributed by atoms with van der Waals surface area (Å²) in [5.74, 6) is 1.72. The van der Waals surface area contributed by atoms with E-state index >= 15 is 0 Å². The molecule has 0 aromatic carbocycles. The molecule has 0 aromatic rings. The van der Waals surface area contributed by atoms with Crippen LogP contribution in [-0.4, -0.2) is 30.6 Å². The van der Waals surface area contributed by atoms with Crippen LogP contribution in [0.4, 0.5) is 0 Å². The highest BCUT2D eigenvalue weighted by Gasteiger charge is 2.46. The third kappa shape index (κ3) is 2.12. The van der Waals surface area contributed by atoms with Gasteiger partial charge in [0.1, 0.15) is 0 Å². The predicted octanol–water partition coefficient (Wildman–Crippen LogP) is 2.09. The van der Waals surface area contributed by atoms with E-state index < -0.39 is 0 Å². The highest BCUT2D eigenvalue weighted by Crippen LogP contribution is 2.44. The van der Waals surface area contributed by atoms with Gasteiger partial charge in [0.2, 0.25) is 0 Å². The van der Waals surface area contributed by atoms with Crippen molar-refractivity contribution in [2.24, 2.45) is 17.6 Å². The number of nitrogens with two attached hydrogens (primary N) is 1. The first-order valence-corrected chi connectivity index (χ1v) is 5.97. The Kier molecular flexibility index (Phi) is 3.96. The van der Waals surface area contributed by atoms with Gasteiger partial charge in [-0.3, -0.25) is 4.90 Å². The van der Waals surface area contributed by atoms with E-state index in [0.29, 0.717) is 5.54 Å². The van der Waals surface area contributed by atoms with E-state index in [-0.39, 0.29) is 0 Å². The van der Waals surface area contributed by atoms with Crippen molar-refractivity contribution in [3.63, 3.8) is 0 Å². The van der Waals surface area contributed by atoms with Gasteiger partial charge in [0.05, 0.1) is 0 Å². The molecule has 0 aromatic heterocycles. The average Bonchev–Trinajstić information content (AvgIpc) is 2.03. The van der Waals surface area contributed by atoms with Gasteiger partial charge in [-0.15, -0.1) is 0 Å². The zero-order valence-electron chi connectivity index (χ0n) is 10.2. The lowest BCUT2D eigenvalue weighted by Crippen LogP contribution is -2.61. The van der Waals surface area contributed by atoms with E-state index in [4.69, 9.17) is 5.73 Å². The van der Waals surface area contributed by atoms with Crippen LogP contribution < -0.4 is 5.73 Å². The molecule has 0 radical (unpaired) electrons. The summed E-state index contributed by atoms with van der Waals surface area (Å²) in [6.07, 6.45) is 3.83. The fraction of sp³-hybridized carbons (Fsp3) is 1.00. The Hall–Kier alpha value is -0.0800. The molecule has 2 nitrogen and oxygen atoms in total. The largest absolute Gasteiger partial charge is 0.329 e. The zero-order chi connectivity index (χ0) is 10.8. The number of nitrogens with zero attached hydrogens (tertiary/aromatic N) is 1. The number of likely N-dealkylation sites (N-methyl/N-ethyl adjacent to an activating group) is 1. The van der Waals surface area contributed by atoms with Gasteiger partial charge in [-0.1, -0.05) is 20.8 Å². The first-order chi connectivity index (χ1) is 6.55. The molecule has 0 spiro atoms. The van der Waals surface area contributed by atoms with Crippen LogP contribution in [0.3, 0.4) is 0 Å². The van der Waals surface area contributed by atoms with Gasteiger partial charge in [0.15, 0.2) is 0 Å². The fourth-order valence-electron chi connectivity index (χ4n) is 2.59. The quantitative estimate of drug-likeness (QED) is 0.733. The second-order valence-electron chi connectivity index (χ2n) is 5.26. The Morgan fingerprint density at radius 2 is 2.00 bits per heavy atom. The molecule has 2 N–H and O–H groups in total. The van der Waals surface area contributed by atoms with Crippen molar-refractivity contribution in [1.29, 1.82) is 0 Å². The Morgan fingerprint density at radius 1 is 1.43 bits per heavy atom. The summed E-state index contributed by atoms with van der Waals surface area (Å²) in [6, 6.07) is 0. The van der Waals surface area contributed by atoms with Crippen LogP contribution in [-0.2, 0) is 0 Å². The summed E-state index contributed by atoms with van der Waals surface area (Å²) in [7, 11) is 2.23. The normalized spacial score (nSPS) is 32.4. The Balaban J connectivity index is 2.47. The average molecular weight is 198 g/mol. The molecule has 0 amide bonds. The monoisotopic (exact) mass is 198 g/mol. The maximum absolute atomic E-state index is 5.92. The van der Waals surface area contributed by atoms with Gasteiger partial charge in [-0.25, -0.2) is 0 Å². The number of rotatable bonds is 5. The maximum Gasteiger partial charge on any atom is 0.0334 e. The number of hydrogen-bond donors (Lipinski definition) is 1. The molecular formula is C12H26N2. The third-order valence-corrected chi connectivity index (χ3v) is 3.98. The smallest absolute Gasteiger partial charge is 0.0334 e. The maximum atomic E-state index is 5.92. The van der Waals surface area contributed by atoms with E-state index in [0.717, 1.165) is 18.4 Å². The van der Waals surface area contributed by atoms with E-state index in [9.17, 15) is 0 Å². The van der Waals surface area contributed by atoms with Gasteiger partial charge in [-0.05, 0) is 44.7 Å². The van der Waals surface area contributed by atoms with Crippen LogP contribution in [0.1, 0.15) is 40.0 Å². The zero-order valence-corrected chi connectivity index (χ0v) is 10.2. The highest BCUT2D eigenvalue weighted by atomic mass is 15.2. The molecule has 0 heterocycles. The van der Waals surface area contributed by atoms with E-state index in [1.54, 1.807) is 0 Å². The molecule has 2 heteroatoms. The third-order valence-electron chi connectivity index (χ3n) is 3.98. The lowest BCUT2D eigenvalue weighted by Gasteiger charge is -2.54. The molecule has 0 unspecified atom stereocenters. The first kappa shape index (κ1) is 12.0. The molecule has 0 saturated heterocycles. The van der Waals surface area contributed by atoms with Crippen molar-refractivity contribution >= 4 is 0 Å². The van der Waals surface area contributed by atoms with E-state index in [1.165, 1.54) is 25.8 Å². The topological polar surface area (TPSA) is 29.3 Å². The second kappa shape index (κ2) is 4.63. The Bertz CT molecular complexity index is 171.